The number of nitrogens with zero attached hydrogens (tertiary/aromatic N) is 2. The zero-order chi connectivity index (χ0) is 18.1. The molecular formula is C23H22N2O. The highest BCUT2D eigenvalue weighted by Crippen LogP contribution is 2.33. The summed E-state index contributed by atoms with van der Waals surface area (Å²) in [4.78, 5) is 20.1. The molecule has 3 aromatic rings. The minimum atomic E-state index is 0.0160. The molecule has 0 bridgehead atoms. The molecule has 0 N–H and O–H groups in total. The standard InChI is InChI=1S/C23H22N2O/c1-3-16(2)25-15-9-14-20-18-12-7-8-13-19(18)21(24-22(20)23(25)26)17-10-5-4-6-11-17/h4-14,16H,3,15H2,1-2H3/t16-/m1/s1. The summed E-state index contributed by atoms with van der Waals surface area (Å²) in [6.07, 6.45) is 5.06. The minimum absolute atomic E-state index is 0.0160. The Morgan fingerprint density at radius 2 is 1.69 bits per heavy atom. The lowest BCUT2D eigenvalue weighted by Gasteiger charge is -2.26. The Morgan fingerprint density at radius 1 is 1.00 bits per heavy atom. The quantitative estimate of drug-likeness (QED) is 0.658. The third-order valence-corrected chi connectivity index (χ3v) is 5.17. The van der Waals surface area contributed by atoms with Gasteiger partial charge >= 0.3 is 0 Å². The zero-order valence-electron chi connectivity index (χ0n) is 15.1. The lowest BCUT2D eigenvalue weighted by atomic mass is 9.98. The second kappa shape index (κ2) is 6.75. The van der Waals surface area contributed by atoms with E-state index in [1.165, 1.54) is 0 Å². The van der Waals surface area contributed by atoms with Gasteiger partial charge in [0.25, 0.3) is 5.91 Å². The lowest BCUT2D eigenvalue weighted by Crippen LogP contribution is -2.38. The first-order chi connectivity index (χ1) is 12.7. The van der Waals surface area contributed by atoms with Crippen LogP contribution in [0.4, 0.5) is 0 Å². The molecule has 3 heteroatoms. The van der Waals surface area contributed by atoms with Crippen LogP contribution in [0, 0.1) is 0 Å². The zero-order valence-corrected chi connectivity index (χ0v) is 15.1. The van der Waals surface area contributed by atoms with Crippen molar-refractivity contribution >= 4 is 22.8 Å². The first-order valence-electron chi connectivity index (χ1n) is 9.16. The predicted octanol–water partition coefficient (Wildman–Crippen LogP) is 5.17. The molecule has 2 heterocycles. The maximum atomic E-state index is 13.3. The van der Waals surface area contributed by atoms with Crippen LogP contribution < -0.4 is 0 Å². The molecule has 2 aromatic carbocycles. The Balaban J connectivity index is 2.00. The summed E-state index contributed by atoms with van der Waals surface area (Å²) in [7, 11) is 0. The topological polar surface area (TPSA) is 33.2 Å². The molecule has 1 aliphatic rings. The lowest BCUT2D eigenvalue weighted by molar-refractivity contribution is 0.0709. The van der Waals surface area contributed by atoms with Gasteiger partial charge in [-0.15, -0.1) is 0 Å². The van der Waals surface area contributed by atoms with E-state index >= 15 is 0 Å². The Bertz CT molecular complexity index is 992. The predicted molar refractivity (Wildman–Crippen MR) is 107 cm³/mol. The maximum absolute atomic E-state index is 13.3. The van der Waals surface area contributed by atoms with Gasteiger partial charge in [0.1, 0.15) is 5.69 Å². The van der Waals surface area contributed by atoms with Gasteiger partial charge in [0.15, 0.2) is 0 Å². The van der Waals surface area contributed by atoms with E-state index in [0.717, 1.165) is 34.0 Å². The fraction of sp³-hybridized carbons (Fsp3) is 0.217. The molecule has 0 fully saturated rings. The summed E-state index contributed by atoms with van der Waals surface area (Å²) < 4.78 is 0. The van der Waals surface area contributed by atoms with Gasteiger partial charge in [-0.25, -0.2) is 4.98 Å². The monoisotopic (exact) mass is 342 g/mol. The second-order valence-electron chi connectivity index (χ2n) is 6.75. The third kappa shape index (κ3) is 2.70. The highest BCUT2D eigenvalue weighted by Gasteiger charge is 2.27. The minimum Gasteiger partial charge on any atom is -0.331 e. The van der Waals surface area contributed by atoms with Crippen molar-refractivity contribution in [1.82, 2.24) is 9.88 Å². The van der Waals surface area contributed by atoms with Crippen molar-refractivity contribution in [2.75, 3.05) is 6.54 Å². The third-order valence-electron chi connectivity index (χ3n) is 5.17. The number of carbonyl (C=O) groups is 1. The van der Waals surface area contributed by atoms with E-state index in [1.54, 1.807) is 0 Å². The van der Waals surface area contributed by atoms with Crippen LogP contribution in [0.25, 0.3) is 28.1 Å². The van der Waals surface area contributed by atoms with Crippen LogP contribution in [-0.2, 0) is 0 Å². The molecule has 1 amide bonds. The van der Waals surface area contributed by atoms with Crippen molar-refractivity contribution < 1.29 is 4.79 Å². The van der Waals surface area contributed by atoms with Gasteiger partial charge in [-0.1, -0.05) is 73.7 Å². The summed E-state index contributed by atoms with van der Waals surface area (Å²) in [6.45, 7) is 4.83. The summed E-state index contributed by atoms with van der Waals surface area (Å²) in [5, 5.41) is 2.15. The maximum Gasteiger partial charge on any atom is 0.273 e. The van der Waals surface area contributed by atoms with Crippen LogP contribution >= 0.6 is 0 Å². The van der Waals surface area contributed by atoms with Gasteiger partial charge < -0.3 is 4.90 Å². The molecule has 4 rings (SSSR count). The van der Waals surface area contributed by atoms with E-state index in [0.29, 0.717) is 12.2 Å². The number of hydrogen-bond acceptors (Lipinski definition) is 2. The number of benzene rings is 2. The molecule has 0 unspecified atom stereocenters. The molecule has 0 spiro atoms. The van der Waals surface area contributed by atoms with E-state index in [1.807, 2.05) is 47.4 Å². The van der Waals surface area contributed by atoms with Gasteiger partial charge in [0.05, 0.1) is 5.69 Å². The smallest absolute Gasteiger partial charge is 0.273 e. The Morgan fingerprint density at radius 3 is 2.42 bits per heavy atom. The van der Waals surface area contributed by atoms with Crippen molar-refractivity contribution in [2.24, 2.45) is 0 Å². The molecule has 26 heavy (non-hydrogen) atoms. The highest BCUT2D eigenvalue weighted by molar-refractivity contribution is 6.08. The molecule has 0 aliphatic carbocycles. The number of hydrogen-bond donors (Lipinski definition) is 0. The molecule has 1 atom stereocenters. The van der Waals surface area contributed by atoms with Crippen LogP contribution in [0.1, 0.15) is 36.3 Å². The second-order valence-corrected chi connectivity index (χ2v) is 6.75. The van der Waals surface area contributed by atoms with Gasteiger partial charge in [-0.05, 0) is 18.7 Å². The molecule has 0 radical (unpaired) electrons. The number of amides is 1. The number of rotatable bonds is 3. The summed E-state index contributed by atoms with van der Waals surface area (Å²) in [5.74, 6) is 0.0160. The van der Waals surface area contributed by atoms with E-state index in [4.69, 9.17) is 4.98 Å². The first-order valence-corrected chi connectivity index (χ1v) is 9.16. The summed E-state index contributed by atoms with van der Waals surface area (Å²) >= 11 is 0. The van der Waals surface area contributed by atoms with E-state index < -0.39 is 0 Å². The molecule has 130 valence electrons. The molecule has 0 saturated carbocycles. The van der Waals surface area contributed by atoms with Crippen molar-refractivity contribution in [1.29, 1.82) is 0 Å². The number of aromatic nitrogens is 1. The molecular weight excluding hydrogens is 320 g/mol. The molecule has 3 nitrogen and oxygen atoms in total. The van der Waals surface area contributed by atoms with Gasteiger partial charge in [-0.3, -0.25) is 4.79 Å². The number of pyridine rings is 1. The van der Waals surface area contributed by atoms with Crippen LogP contribution in [0.15, 0.2) is 60.7 Å². The number of carbonyl (C=O) groups excluding carboxylic acids is 1. The van der Waals surface area contributed by atoms with Crippen LogP contribution in [0.5, 0.6) is 0 Å². The van der Waals surface area contributed by atoms with E-state index in [2.05, 4.69) is 38.1 Å². The largest absolute Gasteiger partial charge is 0.331 e. The Hall–Kier alpha value is -2.94. The van der Waals surface area contributed by atoms with Gasteiger partial charge in [0.2, 0.25) is 0 Å². The molecule has 0 saturated heterocycles. The highest BCUT2D eigenvalue weighted by atomic mass is 16.2. The average molecular weight is 342 g/mol. The van der Waals surface area contributed by atoms with E-state index in [-0.39, 0.29) is 11.9 Å². The van der Waals surface area contributed by atoms with Crippen LogP contribution in [0.3, 0.4) is 0 Å². The average Bonchev–Trinajstić information content (AvgIpc) is 2.86. The van der Waals surface area contributed by atoms with Crippen molar-refractivity contribution in [3.05, 3.63) is 71.9 Å². The molecule has 1 aromatic heterocycles. The van der Waals surface area contributed by atoms with Crippen molar-refractivity contribution in [3.8, 4) is 11.3 Å². The van der Waals surface area contributed by atoms with Gasteiger partial charge in [0, 0.05) is 29.1 Å². The normalized spacial score (nSPS) is 15.0. The SMILES string of the molecule is CC[C@@H](C)N1CC=Cc2c(nc(-c3ccccc3)c3ccccc23)C1=O. The number of fused-ring (bicyclic) bond motifs is 3. The van der Waals surface area contributed by atoms with Crippen molar-refractivity contribution in [2.45, 2.75) is 26.3 Å². The summed E-state index contributed by atoms with van der Waals surface area (Å²) in [5.41, 5.74) is 3.38. The van der Waals surface area contributed by atoms with E-state index in [9.17, 15) is 4.79 Å². The molecule has 1 aliphatic heterocycles. The first kappa shape index (κ1) is 16.5. The fourth-order valence-electron chi connectivity index (χ4n) is 3.54. The fourth-order valence-corrected chi connectivity index (χ4v) is 3.54. The summed E-state index contributed by atoms with van der Waals surface area (Å²) in [6, 6.07) is 18.5. The van der Waals surface area contributed by atoms with Crippen LogP contribution in [-0.4, -0.2) is 28.4 Å². The Labute approximate surface area is 154 Å². The van der Waals surface area contributed by atoms with Crippen molar-refractivity contribution in [3.63, 3.8) is 0 Å². The van der Waals surface area contributed by atoms with Crippen LogP contribution in [0.2, 0.25) is 0 Å². The van der Waals surface area contributed by atoms with Gasteiger partial charge in [-0.2, -0.15) is 0 Å². The Kier molecular flexibility index (Phi) is 4.29.